The molecule has 2 bridgehead atoms. The summed E-state index contributed by atoms with van der Waals surface area (Å²) in [6, 6.07) is 1.42. The van der Waals surface area contributed by atoms with Crippen molar-refractivity contribution in [2.45, 2.75) is 50.6 Å². The Bertz CT molecular complexity index is 461. The van der Waals surface area contributed by atoms with Gasteiger partial charge in [0.1, 0.15) is 0 Å². The number of likely N-dealkylation sites (tertiary alicyclic amines) is 1. The van der Waals surface area contributed by atoms with Gasteiger partial charge in [0.05, 0.1) is 6.04 Å². The minimum absolute atomic E-state index is 0.581. The molecule has 0 aromatic heterocycles. The molecule has 4 heteroatoms. The van der Waals surface area contributed by atoms with Gasteiger partial charge in [0.25, 0.3) is 0 Å². The molecule has 0 radical (unpaired) electrons. The van der Waals surface area contributed by atoms with Gasteiger partial charge in [-0.2, -0.15) is 0 Å². The van der Waals surface area contributed by atoms with E-state index in [0.29, 0.717) is 6.04 Å². The van der Waals surface area contributed by atoms with E-state index in [0.717, 1.165) is 29.5 Å². The van der Waals surface area contributed by atoms with Crippen molar-refractivity contribution < 1.29 is 0 Å². The largest absolute Gasteiger partial charge is 0.366 e. The van der Waals surface area contributed by atoms with Crippen molar-refractivity contribution in [2.75, 3.05) is 26.7 Å². The summed E-state index contributed by atoms with van der Waals surface area (Å²) >= 11 is 5.58. The summed E-state index contributed by atoms with van der Waals surface area (Å²) in [7, 11) is 1.97. The van der Waals surface area contributed by atoms with Crippen LogP contribution in [-0.2, 0) is 0 Å². The zero-order chi connectivity index (χ0) is 14.4. The van der Waals surface area contributed by atoms with Gasteiger partial charge in [0.15, 0.2) is 5.11 Å². The zero-order valence-electron chi connectivity index (χ0n) is 13.1. The molecule has 3 nitrogen and oxygen atoms in total. The Morgan fingerprint density at radius 1 is 1.29 bits per heavy atom. The fourth-order valence-electron chi connectivity index (χ4n) is 5.34. The number of thiocarbonyl (C=S) groups is 1. The third-order valence-corrected chi connectivity index (χ3v) is 6.57. The van der Waals surface area contributed by atoms with E-state index >= 15 is 0 Å². The van der Waals surface area contributed by atoms with Crippen molar-refractivity contribution in [3.8, 4) is 0 Å². The molecular formula is C17H27N3S. The maximum atomic E-state index is 5.58. The molecule has 0 amide bonds. The van der Waals surface area contributed by atoms with Gasteiger partial charge >= 0.3 is 0 Å². The van der Waals surface area contributed by atoms with Gasteiger partial charge in [-0.1, -0.05) is 18.1 Å². The highest BCUT2D eigenvalue weighted by Crippen LogP contribution is 2.44. The first kappa shape index (κ1) is 14.0. The number of nitrogens with zero attached hydrogens (tertiary/aromatic N) is 2. The minimum Gasteiger partial charge on any atom is -0.366 e. The monoisotopic (exact) mass is 305 g/mol. The third-order valence-electron chi connectivity index (χ3n) is 6.13. The lowest BCUT2D eigenvalue weighted by atomic mass is 9.68. The van der Waals surface area contributed by atoms with Gasteiger partial charge in [0.2, 0.25) is 0 Å². The quantitative estimate of drug-likeness (QED) is 0.547. The number of fused-ring (bicyclic) bond motifs is 6. The fourth-order valence-corrected chi connectivity index (χ4v) is 5.55. The summed E-state index contributed by atoms with van der Waals surface area (Å²) in [5.74, 6) is 1.61. The van der Waals surface area contributed by atoms with E-state index in [-0.39, 0.29) is 0 Å². The normalized spacial score (nSPS) is 39.1. The molecule has 0 spiro atoms. The Hall–Kier alpha value is -0.610. The van der Waals surface area contributed by atoms with E-state index in [9.17, 15) is 0 Å². The molecule has 0 aromatic rings. The van der Waals surface area contributed by atoms with Crippen molar-refractivity contribution in [1.82, 2.24) is 15.1 Å². The number of hydrogen-bond donors (Lipinski definition) is 1. The van der Waals surface area contributed by atoms with E-state index in [1.807, 2.05) is 7.05 Å². The highest BCUT2D eigenvalue weighted by Gasteiger charge is 2.46. The molecule has 116 valence electrons. The molecule has 4 rings (SSSR count). The van der Waals surface area contributed by atoms with Crippen LogP contribution in [0, 0.1) is 11.8 Å². The van der Waals surface area contributed by atoms with Crippen molar-refractivity contribution in [1.29, 1.82) is 0 Å². The minimum atomic E-state index is 0.581. The predicted octanol–water partition coefficient (Wildman–Crippen LogP) is 2.39. The molecule has 1 N–H and O–H groups in total. The molecule has 3 aliphatic heterocycles. The SMILES string of the molecule is CNC(=S)N1CCCC2=C[C@@H]3C[C@@H](CN4CCCC[C@H]34)[C@H]21. The molecule has 1 aliphatic carbocycles. The van der Waals surface area contributed by atoms with Gasteiger partial charge in [-0.15, -0.1) is 0 Å². The maximum absolute atomic E-state index is 5.58. The molecule has 3 saturated heterocycles. The second-order valence-electron chi connectivity index (χ2n) is 7.26. The summed E-state index contributed by atoms with van der Waals surface area (Å²) in [6.07, 6.45) is 10.9. The van der Waals surface area contributed by atoms with Crippen molar-refractivity contribution in [2.24, 2.45) is 11.8 Å². The molecule has 0 saturated carbocycles. The second-order valence-corrected chi connectivity index (χ2v) is 7.64. The average Bonchev–Trinajstić information content (AvgIpc) is 2.53. The van der Waals surface area contributed by atoms with Crippen molar-refractivity contribution in [3.05, 3.63) is 11.6 Å². The van der Waals surface area contributed by atoms with Gasteiger partial charge in [-0.3, -0.25) is 4.90 Å². The topological polar surface area (TPSA) is 18.5 Å². The first-order valence-corrected chi connectivity index (χ1v) is 9.11. The van der Waals surface area contributed by atoms with Gasteiger partial charge in [-0.25, -0.2) is 0 Å². The number of nitrogens with one attached hydrogen (secondary N) is 1. The van der Waals surface area contributed by atoms with Crippen LogP contribution in [0.2, 0.25) is 0 Å². The highest BCUT2D eigenvalue weighted by atomic mass is 32.1. The summed E-state index contributed by atoms with van der Waals surface area (Å²) in [4.78, 5) is 5.28. The Labute approximate surface area is 133 Å². The lowest BCUT2D eigenvalue weighted by Gasteiger charge is -2.55. The first-order valence-electron chi connectivity index (χ1n) is 8.71. The standard InChI is InChI=1S/C17H27N3S/c1-18-17(21)20-8-4-5-12-9-13-10-14(16(12)20)11-19-7-3-2-6-15(13)19/h9,13-16H,2-8,10-11H2,1H3,(H,18,21)/t13-,14+,15-,16+/m1/s1. The van der Waals surface area contributed by atoms with E-state index < -0.39 is 0 Å². The van der Waals surface area contributed by atoms with Gasteiger partial charge < -0.3 is 10.2 Å². The van der Waals surface area contributed by atoms with Crippen LogP contribution in [0.15, 0.2) is 11.6 Å². The van der Waals surface area contributed by atoms with Crippen LogP contribution in [0.4, 0.5) is 0 Å². The Kier molecular flexibility index (Phi) is 3.70. The van der Waals surface area contributed by atoms with Crippen molar-refractivity contribution >= 4 is 17.3 Å². The molecule has 4 atom stereocenters. The predicted molar refractivity (Wildman–Crippen MR) is 90.3 cm³/mol. The Morgan fingerprint density at radius 2 is 2.19 bits per heavy atom. The van der Waals surface area contributed by atoms with Gasteiger partial charge in [-0.05, 0) is 62.7 Å². The molecule has 0 unspecified atom stereocenters. The number of piperidine rings is 3. The maximum Gasteiger partial charge on any atom is 0.169 e. The number of rotatable bonds is 0. The molecule has 21 heavy (non-hydrogen) atoms. The second kappa shape index (κ2) is 5.54. The van der Waals surface area contributed by atoms with Crippen LogP contribution < -0.4 is 5.32 Å². The fraction of sp³-hybridized carbons (Fsp3) is 0.824. The summed E-state index contributed by atoms with van der Waals surface area (Å²) in [5.41, 5.74) is 1.70. The van der Waals surface area contributed by atoms with E-state index in [2.05, 4.69) is 21.2 Å². The Morgan fingerprint density at radius 3 is 3.05 bits per heavy atom. The van der Waals surface area contributed by atoms with Crippen LogP contribution in [0.25, 0.3) is 0 Å². The number of hydrogen-bond acceptors (Lipinski definition) is 2. The molecule has 4 aliphatic rings. The first-order chi connectivity index (χ1) is 10.3. The van der Waals surface area contributed by atoms with Crippen LogP contribution in [0.1, 0.15) is 38.5 Å². The summed E-state index contributed by atoms with van der Waals surface area (Å²) < 4.78 is 0. The van der Waals surface area contributed by atoms with Gasteiger partial charge in [0, 0.05) is 26.2 Å². The highest BCUT2D eigenvalue weighted by molar-refractivity contribution is 7.80. The van der Waals surface area contributed by atoms with E-state index in [4.69, 9.17) is 12.2 Å². The van der Waals surface area contributed by atoms with E-state index in [1.54, 1.807) is 5.57 Å². The summed E-state index contributed by atoms with van der Waals surface area (Å²) in [5, 5.41) is 4.16. The van der Waals surface area contributed by atoms with Crippen LogP contribution in [-0.4, -0.2) is 53.7 Å². The smallest absolute Gasteiger partial charge is 0.169 e. The lowest BCUT2D eigenvalue weighted by Crippen LogP contribution is -2.60. The molecule has 0 aromatic carbocycles. The average molecular weight is 305 g/mol. The third kappa shape index (κ3) is 2.31. The summed E-state index contributed by atoms with van der Waals surface area (Å²) in [6.45, 7) is 3.75. The van der Waals surface area contributed by atoms with Crippen LogP contribution in [0.3, 0.4) is 0 Å². The lowest BCUT2D eigenvalue weighted by molar-refractivity contribution is 0.0128. The van der Waals surface area contributed by atoms with E-state index in [1.165, 1.54) is 51.6 Å². The molecule has 3 heterocycles. The molecule has 3 fully saturated rings. The van der Waals surface area contributed by atoms with Crippen LogP contribution >= 0.6 is 12.2 Å². The molecular weight excluding hydrogens is 278 g/mol. The van der Waals surface area contributed by atoms with Crippen LogP contribution in [0.5, 0.6) is 0 Å². The zero-order valence-corrected chi connectivity index (χ0v) is 13.9. The Balaban J connectivity index is 1.64. The van der Waals surface area contributed by atoms with Crippen molar-refractivity contribution in [3.63, 3.8) is 0 Å².